The highest BCUT2D eigenvalue weighted by Gasteiger charge is 2.24. The Kier molecular flexibility index (Phi) is 3.03. The highest BCUT2D eigenvalue weighted by molar-refractivity contribution is 7.89. The third-order valence-corrected chi connectivity index (χ3v) is 2.81. The Labute approximate surface area is 83.8 Å². The second-order valence-corrected chi connectivity index (χ2v) is 4.22. The van der Waals surface area contributed by atoms with Crippen molar-refractivity contribution in [2.45, 2.75) is 11.3 Å². The van der Waals surface area contributed by atoms with Crippen molar-refractivity contribution in [1.29, 1.82) is 0 Å². The summed E-state index contributed by atoms with van der Waals surface area (Å²) in [6, 6.07) is 0.857. The standard InChI is InChI=1S/C6H5ClF2N2O2S/c7-5-4(14(10,12)13)3(6(8)9)1-2-11-5/h1-2,6H,(H2,10,12,13). The Hall–Kier alpha value is -0.790. The van der Waals surface area contributed by atoms with Gasteiger partial charge in [-0.25, -0.2) is 27.3 Å². The van der Waals surface area contributed by atoms with Crippen LogP contribution < -0.4 is 5.14 Å². The van der Waals surface area contributed by atoms with Gasteiger partial charge in [0.2, 0.25) is 10.0 Å². The van der Waals surface area contributed by atoms with Crippen LogP contribution in [0.4, 0.5) is 8.78 Å². The number of sulfonamides is 1. The summed E-state index contributed by atoms with van der Waals surface area (Å²) in [5.74, 6) is 0. The van der Waals surface area contributed by atoms with E-state index in [4.69, 9.17) is 16.7 Å². The van der Waals surface area contributed by atoms with Gasteiger partial charge in [0.25, 0.3) is 6.43 Å². The van der Waals surface area contributed by atoms with Crippen molar-refractivity contribution in [2.75, 3.05) is 0 Å². The third kappa shape index (κ3) is 2.17. The molecule has 0 atom stereocenters. The van der Waals surface area contributed by atoms with E-state index < -0.39 is 32.1 Å². The molecule has 0 saturated carbocycles. The molecule has 1 aromatic rings. The van der Waals surface area contributed by atoms with Gasteiger partial charge in [-0.05, 0) is 6.07 Å². The summed E-state index contributed by atoms with van der Waals surface area (Å²) in [5, 5.41) is 4.16. The molecule has 0 aliphatic carbocycles. The number of rotatable bonds is 2. The van der Waals surface area contributed by atoms with Crippen LogP contribution in [0.2, 0.25) is 5.15 Å². The van der Waals surface area contributed by atoms with Crippen LogP contribution in [0, 0.1) is 0 Å². The lowest BCUT2D eigenvalue weighted by molar-refractivity contribution is 0.148. The molecule has 0 bridgehead atoms. The van der Waals surface area contributed by atoms with Gasteiger partial charge < -0.3 is 0 Å². The van der Waals surface area contributed by atoms with Gasteiger partial charge in [0.1, 0.15) is 10.0 Å². The summed E-state index contributed by atoms with van der Waals surface area (Å²) in [6.45, 7) is 0. The van der Waals surface area contributed by atoms with E-state index in [1.54, 1.807) is 0 Å². The monoisotopic (exact) mass is 242 g/mol. The summed E-state index contributed by atoms with van der Waals surface area (Å²) in [6.07, 6.45) is -1.98. The summed E-state index contributed by atoms with van der Waals surface area (Å²) < 4.78 is 46.5. The summed E-state index contributed by atoms with van der Waals surface area (Å²) in [7, 11) is -4.28. The zero-order valence-electron chi connectivity index (χ0n) is 6.62. The van der Waals surface area contributed by atoms with Crippen molar-refractivity contribution in [3.05, 3.63) is 23.0 Å². The topological polar surface area (TPSA) is 73.1 Å². The molecule has 0 amide bonds. The molecule has 0 unspecified atom stereocenters. The molecular weight excluding hydrogens is 238 g/mol. The van der Waals surface area contributed by atoms with E-state index in [2.05, 4.69) is 4.98 Å². The first kappa shape index (κ1) is 11.3. The van der Waals surface area contributed by atoms with Crippen molar-refractivity contribution < 1.29 is 17.2 Å². The maximum Gasteiger partial charge on any atom is 0.265 e. The Bertz CT molecular complexity index is 449. The van der Waals surface area contributed by atoms with Gasteiger partial charge in [0, 0.05) is 11.8 Å². The number of alkyl halides is 2. The number of primary sulfonamides is 1. The third-order valence-electron chi connectivity index (χ3n) is 1.41. The molecular formula is C6H5ClF2N2O2S. The minimum Gasteiger partial charge on any atom is -0.243 e. The molecule has 0 aliphatic rings. The lowest BCUT2D eigenvalue weighted by Crippen LogP contribution is -2.16. The fraction of sp³-hybridized carbons (Fsp3) is 0.167. The number of nitrogens with zero attached hydrogens (tertiary/aromatic N) is 1. The zero-order chi connectivity index (χ0) is 10.9. The Balaban J connectivity index is 3.54. The highest BCUT2D eigenvalue weighted by atomic mass is 35.5. The van der Waals surface area contributed by atoms with Gasteiger partial charge in [0.05, 0.1) is 0 Å². The first-order valence-corrected chi connectivity index (χ1v) is 5.22. The van der Waals surface area contributed by atoms with E-state index in [-0.39, 0.29) is 0 Å². The van der Waals surface area contributed by atoms with Crippen molar-refractivity contribution >= 4 is 21.6 Å². The van der Waals surface area contributed by atoms with Crippen molar-refractivity contribution in [3.63, 3.8) is 0 Å². The van der Waals surface area contributed by atoms with Gasteiger partial charge in [-0.3, -0.25) is 0 Å². The van der Waals surface area contributed by atoms with Crippen LogP contribution in [0.25, 0.3) is 0 Å². The smallest absolute Gasteiger partial charge is 0.243 e. The first-order valence-electron chi connectivity index (χ1n) is 3.29. The van der Waals surface area contributed by atoms with E-state index in [1.807, 2.05) is 0 Å². The molecule has 0 spiro atoms. The van der Waals surface area contributed by atoms with E-state index >= 15 is 0 Å². The summed E-state index contributed by atoms with van der Waals surface area (Å²) in [4.78, 5) is 2.54. The van der Waals surface area contributed by atoms with Crippen LogP contribution in [0.3, 0.4) is 0 Å². The average molecular weight is 243 g/mol. The molecule has 0 aromatic carbocycles. The molecule has 0 aliphatic heterocycles. The van der Waals surface area contributed by atoms with Gasteiger partial charge in [0.15, 0.2) is 0 Å². The molecule has 1 heterocycles. The van der Waals surface area contributed by atoms with Crippen LogP contribution in [0.5, 0.6) is 0 Å². The molecule has 4 nitrogen and oxygen atoms in total. The Morgan fingerprint density at radius 3 is 2.43 bits per heavy atom. The van der Waals surface area contributed by atoms with Gasteiger partial charge in [-0.2, -0.15) is 0 Å². The quantitative estimate of drug-likeness (QED) is 0.795. The van der Waals surface area contributed by atoms with Crippen molar-refractivity contribution in [1.82, 2.24) is 4.98 Å². The fourth-order valence-electron chi connectivity index (χ4n) is 0.890. The highest BCUT2D eigenvalue weighted by Crippen LogP contribution is 2.29. The van der Waals surface area contributed by atoms with Crippen LogP contribution >= 0.6 is 11.6 Å². The number of pyridine rings is 1. The second-order valence-electron chi connectivity index (χ2n) is 2.37. The minimum absolute atomic E-state index is 0.551. The number of nitrogens with two attached hydrogens (primary N) is 1. The first-order chi connectivity index (χ1) is 6.34. The number of hydrogen-bond donors (Lipinski definition) is 1. The molecule has 0 radical (unpaired) electrons. The predicted molar refractivity (Wildman–Crippen MR) is 45.6 cm³/mol. The van der Waals surface area contributed by atoms with Gasteiger partial charge in [-0.1, -0.05) is 11.6 Å². The average Bonchev–Trinajstić information content (AvgIpc) is 2.01. The van der Waals surface area contributed by atoms with Crippen LogP contribution in [-0.2, 0) is 10.0 Å². The molecule has 1 aromatic heterocycles. The van der Waals surface area contributed by atoms with E-state index in [1.165, 1.54) is 0 Å². The van der Waals surface area contributed by atoms with Crippen LogP contribution in [-0.4, -0.2) is 13.4 Å². The van der Waals surface area contributed by atoms with Crippen molar-refractivity contribution in [2.24, 2.45) is 5.14 Å². The second kappa shape index (κ2) is 3.76. The molecule has 8 heteroatoms. The van der Waals surface area contributed by atoms with E-state index in [9.17, 15) is 17.2 Å². The predicted octanol–water partition coefficient (Wildman–Crippen LogP) is 1.32. The lowest BCUT2D eigenvalue weighted by atomic mass is 10.3. The molecule has 14 heavy (non-hydrogen) atoms. The molecule has 78 valence electrons. The minimum atomic E-state index is -4.28. The Morgan fingerprint density at radius 2 is 2.07 bits per heavy atom. The molecule has 1 rings (SSSR count). The fourth-order valence-corrected chi connectivity index (χ4v) is 2.15. The van der Waals surface area contributed by atoms with Gasteiger partial charge in [-0.15, -0.1) is 0 Å². The largest absolute Gasteiger partial charge is 0.265 e. The van der Waals surface area contributed by atoms with E-state index in [0.717, 1.165) is 12.3 Å². The maximum absolute atomic E-state index is 12.3. The molecule has 0 saturated heterocycles. The van der Waals surface area contributed by atoms with Crippen LogP contribution in [0.15, 0.2) is 17.2 Å². The van der Waals surface area contributed by atoms with Crippen molar-refractivity contribution in [3.8, 4) is 0 Å². The SMILES string of the molecule is NS(=O)(=O)c1c(C(F)F)ccnc1Cl. The Morgan fingerprint density at radius 1 is 1.50 bits per heavy atom. The zero-order valence-corrected chi connectivity index (χ0v) is 8.19. The van der Waals surface area contributed by atoms with Crippen LogP contribution in [0.1, 0.15) is 12.0 Å². The maximum atomic E-state index is 12.3. The number of hydrogen-bond acceptors (Lipinski definition) is 3. The van der Waals surface area contributed by atoms with E-state index in [0.29, 0.717) is 0 Å². The molecule has 2 N–H and O–H groups in total. The van der Waals surface area contributed by atoms with Gasteiger partial charge >= 0.3 is 0 Å². The number of halogens is 3. The summed E-state index contributed by atoms with van der Waals surface area (Å²) >= 11 is 5.35. The normalized spacial score (nSPS) is 12.1. The summed E-state index contributed by atoms with van der Waals surface area (Å²) in [5.41, 5.74) is -0.743. The lowest BCUT2D eigenvalue weighted by Gasteiger charge is -2.06. The number of aromatic nitrogens is 1. The molecule has 0 fully saturated rings.